The number of hydrogen-bond donors (Lipinski definition) is 2. The van der Waals surface area contributed by atoms with E-state index in [2.05, 4.69) is 4.90 Å². The maximum Gasteiger partial charge on any atom is 0.127 e. The molecule has 0 radical (unpaired) electrons. The Labute approximate surface area is 118 Å². The van der Waals surface area contributed by atoms with Gasteiger partial charge in [0.25, 0.3) is 0 Å². The van der Waals surface area contributed by atoms with Crippen molar-refractivity contribution in [1.29, 1.82) is 0 Å². The van der Waals surface area contributed by atoms with Crippen molar-refractivity contribution in [2.24, 2.45) is 5.73 Å². The predicted molar refractivity (Wildman–Crippen MR) is 77.4 cm³/mol. The number of rotatable bonds is 4. The third-order valence-electron chi connectivity index (χ3n) is 3.66. The van der Waals surface area contributed by atoms with Gasteiger partial charge in [-0.2, -0.15) is 0 Å². The van der Waals surface area contributed by atoms with Crippen LogP contribution >= 0.6 is 12.2 Å². The second-order valence-corrected chi connectivity index (χ2v) is 5.41. The quantitative estimate of drug-likeness (QED) is 0.827. The number of hydrogen-bond acceptors (Lipinski definition) is 3. The summed E-state index contributed by atoms with van der Waals surface area (Å²) >= 11 is 4.92. The van der Waals surface area contributed by atoms with E-state index in [4.69, 9.17) is 18.0 Å². The third-order valence-corrected chi connectivity index (χ3v) is 3.90. The fourth-order valence-electron chi connectivity index (χ4n) is 2.54. The number of benzene rings is 1. The Bertz CT molecular complexity index is 467. The van der Waals surface area contributed by atoms with E-state index in [9.17, 15) is 9.50 Å². The van der Waals surface area contributed by atoms with Crippen LogP contribution in [-0.2, 0) is 6.54 Å². The number of halogens is 1. The molecule has 1 heterocycles. The number of thiocarbonyl (C=S) groups is 1. The van der Waals surface area contributed by atoms with Crippen LogP contribution in [0.15, 0.2) is 18.2 Å². The molecule has 19 heavy (non-hydrogen) atoms. The molecular formula is C14H19FN2OS. The molecular weight excluding hydrogens is 263 g/mol. The van der Waals surface area contributed by atoms with Crippen molar-refractivity contribution in [2.75, 3.05) is 13.2 Å². The maximum atomic E-state index is 13.8. The smallest absolute Gasteiger partial charge is 0.127 e. The van der Waals surface area contributed by atoms with Crippen molar-refractivity contribution in [2.45, 2.75) is 31.8 Å². The molecule has 1 aliphatic rings. The third kappa shape index (κ3) is 3.49. The first-order valence-electron chi connectivity index (χ1n) is 6.55. The molecule has 1 unspecified atom stereocenters. The van der Waals surface area contributed by atoms with E-state index in [0.29, 0.717) is 17.7 Å². The first-order valence-corrected chi connectivity index (χ1v) is 6.95. The van der Waals surface area contributed by atoms with Gasteiger partial charge in [0.1, 0.15) is 10.8 Å². The summed E-state index contributed by atoms with van der Waals surface area (Å²) in [5.74, 6) is -0.248. The summed E-state index contributed by atoms with van der Waals surface area (Å²) in [5, 5.41) is 9.38. The van der Waals surface area contributed by atoms with E-state index >= 15 is 0 Å². The van der Waals surface area contributed by atoms with Gasteiger partial charge in [-0.15, -0.1) is 0 Å². The molecule has 5 heteroatoms. The lowest BCUT2D eigenvalue weighted by molar-refractivity contribution is 0.0832. The Kier molecular flexibility index (Phi) is 4.85. The van der Waals surface area contributed by atoms with Gasteiger partial charge in [0.15, 0.2) is 0 Å². The van der Waals surface area contributed by atoms with E-state index in [1.54, 1.807) is 12.1 Å². The fraction of sp³-hybridized carbons (Fsp3) is 0.500. The van der Waals surface area contributed by atoms with Crippen molar-refractivity contribution in [3.8, 4) is 0 Å². The minimum atomic E-state index is -0.248. The fourth-order valence-corrected chi connectivity index (χ4v) is 2.67. The number of aliphatic hydroxyl groups is 1. The molecule has 0 aliphatic carbocycles. The summed E-state index contributed by atoms with van der Waals surface area (Å²) in [6.07, 6.45) is 3.18. The van der Waals surface area contributed by atoms with E-state index in [0.717, 1.165) is 25.8 Å². The minimum absolute atomic E-state index is 0.122. The highest BCUT2D eigenvalue weighted by atomic mass is 32.1. The molecule has 1 aromatic rings. The Balaban J connectivity index is 2.17. The standard InChI is InChI=1S/C14H19FN2OS/c15-13-5-4-10(14(16)19)7-11(13)8-17-6-2-1-3-12(17)9-18/h4-5,7,12,18H,1-3,6,8-9H2,(H2,16,19). The van der Waals surface area contributed by atoms with Crippen molar-refractivity contribution < 1.29 is 9.50 Å². The first kappa shape index (κ1) is 14.4. The average molecular weight is 282 g/mol. The number of likely N-dealkylation sites (tertiary alicyclic amines) is 1. The van der Waals surface area contributed by atoms with Crippen LogP contribution in [0, 0.1) is 5.82 Å². The SMILES string of the molecule is NC(=S)c1ccc(F)c(CN2CCCCC2CO)c1. The summed E-state index contributed by atoms with van der Waals surface area (Å²) in [5.41, 5.74) is 6.85. The van der Waals surface area contributed by atoms with E-state index in [1.165, 1.54) is 6.07 Å². The van der Waals surface area contributed by atoms with Crippen molar-refractivity contribution in [1.82, 2.24) is 4.90 Å². The monoisotopic (exact) mass is 282 g/mol. The number of nitrogens with two attached hydrogens (primary N) is 1. The molecule has 0 bridgehead atoms. The number of piperidine rings is 1. The summed E-state index contributed by atoms with van der Waals surface area (Å²) in [7, 11) is 0. The molecule has 1 atom stereocenters. The Morgan fingerprint density at radius 1 is 1.47 bits per heavy atom. The zero-order chi connectivity index (χ0) is 13.8. The second-order valence-electron chi connectivity index (χ2n) is 4.97. The van der Waals surface area contributed by atoms with Gasteiger partial charge in [-0.1, -0.05) is 18.6 Å². The molecule has 1 fully saturated rings. The average Bonchev–Trinajstić information content (AvgIpc) is 2.41. The summed E-state index contributed by atoms with van der Waals surface area (Å²) in [6, 6.07) is 4.84. The second kappa shape index (κ2) is 6.41. The van der Waals surface area contributed by atoms with Crippen LogP contribution in [0.1, 0.15) is 30.4 Å². The summed E-state index contributed by atoms with van der Waals surface area (Å²) < 4.78 is 13.8. The molecule has 2 rings (SSSR count). The van der Waals surface area contributed by atoms with Crippen molar-refractivity contribution in [3.05, 3.63) is 35.1 Å². The normalized spacial score (nSPS) is 20.4. The highest BCUT2D eigenvalue weighted by Gasteiger charge is 2.22. The number of nitrogens with zero attached hydrogens (tertiary/aromatic N) is 1. The molecule has 0 aromatic heterocycles. The van der Waals surface area contributed by atoms with Crippen LogP contribution in [0.3, 0.4) is 0 Å². The summed E-state index contributed by atoms with van der Waals surface area (Å²) in [6.45, 7) is 1.51. The molecule has 0 spiro atoms. The number of aliphatic hydroxyl groups excluding tert-OH is 1. The van der Waals surface area contributed by atoms with Crippen LogP contribution in [0.2, 0.25) is 0 Å². The summed E-state index contributed by atoms with van der Waals surface area (Å²) in [4.78, 5) is 2.41. The first-order chi connectivity index (χ1) is 9.11. The van der Waals surface area contributed by atoms with E-state index < -0.39 is 0 Å². The highest BCUT2D eigenvalue weighted by molar-refractivity contribution is 7.80. The lowest BCUT2D eigenvalue weighted by atomic mass is 10.0. The predicted octanol–water partition coefficient (Wildman–Crippen LogP) is 1.81. The lowest BCUT2D eigenvalue weighted by Gasteiger charge is -2.34. The Morgan fingerprint density at radius 2 is 2.26 bits per heavy atom. The van der Waals surface area contributed by atoms with Gasteiger partial charge in [0, 0.05) is 23.7 Å². The van der Waals surface area contributed by atoms with Gasteiger partial charge in [-0.3, -0.25) is 4.90 Å². The molecule has 0 saturated carbocycles. The highest BCUT2D eigenvalue weighted by Crippen LogP contribution is 2.21. The molecule has 1 aromatic carbocycles. The van der Waals surface area contributed by atoms with E-state index in [-0.39, 0.29) is 23.5 Å². The molecule has 0 amide bonds. The molecule has 104 valence electrons. The van der Waals surface area contributed by atoms with Crippen LogP contribution < -0.4 is 5.73 Å². The van der Waals surface area contributed by atoms with Gasteiger partial charge in [0.2, 0.25) is 0 Å². The zero-order valence-corrected chi connectivity index (χ0v) is 11.6. The van der Waals surface area contributed by atoms with Crippen molar-refractivity contribution >= 4 is 17.2 Å². The van der Waals surface area contributed by atoms with Crippen LogP contribution in [0.25, 0.3) is 0 Å². The van der Waals surface area contributed by atoms with Gasteiger partial charge in [-0.05, 0) is 37.6 Å². The van der Waals surface area contributed by atoms with Crippen LogP contribution in [0.4, 0.5) is 4.39 Å². The van der Waals surface area contributed by atoms with Gasteiger partial charge < -0.3 is 10.8 Å². The van der Waals surface area contributed by atoms with Crippen molar-refractivity contribution in [3.63, 3.8) is 0 Å². The van der Waals surface area contributed by atoms with Gasteiger partial charge >= 0.3 is 0 Å². The molecule has 1 saturated heterocycles. The van der Waals surface area contributed by atoms with Crippen LogP contribution in [0.5, 0.6) is 0 Å². The maximum absolute atomic E-state index is 13.8. The Hall–Kier alpha value is -1.04. The molecule has 3 nitrogen and oxygen atoms in total. The largest absolute Gasteiger partial charge is 0.395 e. The lowest BCUT2D eigenvalue weighted by Crippen LogP contribution is -2.41. The zero-order valence-electron chi connectivity index (χ0n) is 10.8. The minimum Gasteiger partial charge on any atom is -0.395 e. The van der Waals surface area contributed by atoms with Gasteiger partial charge in [-0.25, -0.2) is 4.39 Å². The van der Waals surface area contributed by atoms with E-state index in [1.807, 2.05) is 0 Å². The molecule has 3 N–H and O–H groups in total. The molecule has 1 aliphatic heterocycles. The van der Waals surface area contributed by atoms with Crippen LogP contribution in [-0.4, -0.2) is 34.2 Å². The topological polar surface area (TPSA) is 49.5 Å². The van der Waals surface area contributed by atoms with Gasteiger partial charge in [0.05, 0.1) is 6.61 Å². The Morgan fingerprint density at radius 3 is 2.95 bits per heavy atom.